The van der Waals surface area contributed by atoms with E-state index in [1.54, 1.807) is 43.0 Å². The average molecular weight is 387 g/mol. The molecule has 0 aliphatic heterocycles. The highest BCUT2D eigenvalue weighted by Crippen LogP contribution is 2.14. The minimum Gasteiger partial charge on any atom is -0.455 e. The van der Waals surface area contributed by atoms with Crippen LogP contribution in [0, 0.1) is 13.8 Å². The number of carbonyl (C=O) groups is 3. The molecule has 1 aromatic heterocycles. The third kappa shape index (κ3) is 5.42. The maximum absolute atomic E-state index is 12.3. The highest BCUT2D eigenvalue weighted by Gasteiger charge is 2.16. The number of nitrogens with zero attached hydrogens (tertiary/aromatic N) is 2. The predicted molar refractivity (Wildman–Crippen MR) is 103 cm³/mol. The first kappa shape index (κ1) is 21.1. The molecular formula is C20H25N3O5. The molecule has 2 amide bonds. The Bertz CT molecular complexity index is 819. The number of esters is 1. The van der Waals surface area contributed by atoms with Crippen molar-refractivity contribution in [2.45, 2.75) is 34.1 Å². The number of hydrogen-bond donors (Lipinski definition) is 1. The minimum atomic E-state index is -0.537. The largest absolute Gasteiger partial charge is 0.455 e. The third-order valence-corrected chi connectivity index (χ3v) is 4.33. The van der Waals surface area contributed by atoms with E-state index in [4.69, 9.17) is 9.26 Å². The number of carbonyl (C=O) groups excluding carboxylic acids is 3. The monoisotopic (exact) mass is 387 g/mol. The Kier molecular flexibility index (Phi) is 7.31. The van der Waals surface area contributed by atoms with Gasteiger partial charge in [-0.05, 0) is 52.0 Å². The molecule has 1 aromatic carbocycles. The van der Waals surface area contributed by atoms with Crippen molar-refractivity contribution in [3.05, 3.63) is 46.8 Å². The number of nitrogens with one attached hydrogen (secondary N) is 1. The SMILES string of the molecule is CCN(CC)C(=O)c1ccc(NC(=O)COC(=O)Cc2c(C)noc2C)cc1. The summed E-state index contributed by atoms with van der Waals surface area (Å²) in [5.74, 6) is -0.506. The number of hydrogen-bond acceptors (Lipinski definition) is 6. The van der Waals surface area contributed by atoms with Crippen molar-refractivity contribution in [3.8, 4) is 0 Å². The Hall–Kier alpha value is -3.16. The molecule has 0 atom stereocenters. The van der Waals surface area contributed by atoms with Crippen molar-refractivity contribution in [1.29, 1.82) is 0 Å². The smallest absolute Gasteiger partial charge is 0.310 e. The summed E-state index contributed by atoms with van der Waals surface area (Å²) >= 11 is 0. The van der Waals surface area contributed by atoms with E-state index < -0.39 is 18.5 Å². The number of ether oxygens (including phenoxy) is 1. The van der Waals surface area contributed by atoms with Gasteiger partial charge < -0.3 is 19.5 Å². The van der Waals surface area contributed by atoms with E-state index in [-0.39, 0.29) is 12.3 Å². The molecular weight excluding hydrogens is 362 g/mol. The van der Waals surface area contributed by atoms with Gasteiger partial charge in [-0.3, -0.25) is 14.4 Å². The lowest BCUT2D eigenvalue weighted by Gasteiger charge is -2.18. The lowest BCUT2D eigenvalue weighted by atomic mass is 10.1. The Balaban J connectivity index is 1.84. The summed E-state index contributed by atoms with van der Waals surface area (Å²) in [6.07, 6.45) is -0.00336. The second-order valence-corrected chi connectivity index (χ2v) is 6.24. The van der Waals surface area contributed by atoms with Crippen LogP contribution in [0.4, 0.5) is 5.69 Å². The summed E-state index contributed by atoms with van der Waals surface area (Å²) in [6, 6.07) is 6.58. The van der Waals surface area contributed by atoms with Crippen molar-refractivity contribution in [3.63, 3.8) is 0 Å². The van der Waals surface area contributed by atoms with Gasteiger partial charge in [-0.15, -0.1) is 0 Å². The molecule has 0 fully saturated rings. The summed E-state index contributed by atoms with van der Waals surface area (Å²) in [7, 11) is 0. The predicted octanol–water partition coefficient (Wildman–Crippen LogP) is 2.50. The third-order valence-electron chi connectivity index (χ3n) is 4.33. The molecule has 0 aliphatic carbocycles. The summed E-state index contributed by atoms with van der Waals surface area (Å²) in [6.45, 7) is 8.15. The fourth-order valence-corrected chi connectivity index (χ4v) is 2.68. The van der Waals surface area contributed by atoms with Crippen LogP contribution < -0.4 is 5.32 Å². The first-order valence-electron chi connectivity index (χ1n) is 9.12. The van der Waals surface area contributed by atoms with Gasteiger partial charge in [0.15, 0.2) is 6.61 Å². The van der Waals surface area contributed by atoms with Crippen LogP contribution in [0.25, 0.3) is 0 Å². The van der Waals surface area contributed by atoms with Crippen molar-refractivity contribution < 1.29 is 23.6 Å². The molecule has 1 N–H and O–H groups in total. The summed E-state index contributed by atoms with van der Waals surface area (Å²) in [4.78, 5) is 37.9. The fraction of sp³-hybridized carbons (Fsp3) is 0.400. The van der Waals surface area contributed by atoms with Crippen LogP contribution in [0.2, 0.25) is 0 Å². The molecule has 28 heavy (non-hydrogen) atoms. The average Bonchev–Trinajstić information content (AvgIpc) is 3.00. The molecule has 150 valence electrons. The molecule has 0 unspecified atom stereocenters. The van der Waals surface area contributed by atoms with Gasteiger partial charge in [-0.2, -0.15) is 0 Å². The minimum absolute atomic E-state index is 0.00336. The molecule has 0 spiro atoms. The van der Waals surface area contributed by atoms with Gasteiger partial charge in [-0.1, -0.05) is 5.16 Å². The zero-order chi connectivity index (χ0) is 20.7. The van der Waals surface area contributed by atoms with E-state index in [1.807, 2.05) is 13.8 Å². The van der Waals surface area contributed by atoms with E-state index in [0.29, 0.717) is 41.4 Å². The Labute approximate surface area is 163 Å². The number of aromatic nitrogens is 1. The molecule has 2 aromatic rings. The van der Waals surface area contributed by atoms with E-state index in [9.17, 15) is 14.4 Å². The number of anilines is 1. The molecule has 0 saturated heterocycles. The van der Waals surface area contributed by atoms with Gasteiger partial charge in [0.25, 0.3) is 11.8 Å². The standard InChI is InChI=1S/C20H25N3O5/c1-5-23(6-2)20(26)15-7-9-16(10-8-15)21-18(24)12-27-19(25)11-17-13(3)22-28-14(17)4/h7-10H,5-6,11-12H2,1-4H3,(H,21,24). The van der Waals surface area contributed by atoms with Crippen LogP contribution in [0.15, 0.2) is 28.8 Å². The fourth-order valence-electron chi connectivity index (χ4n) is 2.68. The highest BCUT2D eigenvalue weighted by atomic mass is 16.5. The number of benzene rings is 1. The van der Waals surface area contributed by atoms with Gasteiger partial charge in [-0.25, -0.2) is 0 Å². The van der Waals surface area contributed by atoms with Crippen molar-refractivity contribution in [2.75, 3.05) is 25.0 Å². The Morgan fingerprint density at radius 3 is 2.29 bits per heavy atom. The zero-order valence-corrected chi connectivity index (χ0v) is 16.6. The van der Waals surface area contributed by atoms with Crippen LogP contribution in [0.3, 0.4) is 0 Å². The highest BCUT2D eigenvalue weighted by molar-refractivity contribution is 5.96. The number of aryl methyl sites for hydroxylation is 2. The van der Waals surface area contributed by atoms with E-state index in [0.717, 1.165) is 0 Å². The molecule has 0 radical (unpaired) electrons. The maximum Gasteiger partial charge on any atom is 0.310 e. The van der Waals surface area contributed by atoms with E-state index >= 15 is 0 Å². The molecule has 0 bridgehead atoms. The van der Waals surface area contributed by atoms with Gasteiger partial charge in [0.2, 0.25) is 0 Å². The molecule has 2 rings (SSSR count). The molecule has 0 aliphatic rings. The second-order valence-electron chi connectivity index (χ2n) is 6.24. The molecule has 1 heterocycles. The van der Waals surface area contributed by atoms with Crippen LogP contribution >= 0.6 is 0 Å². The van der Waals surface area contributed by atoms with Crippen molar-refractivity contribution >= 4 is 23.5 Å². The number of rotatable bonds is 8. The first-order valence-corrected chi connectivity index (χ1v) is 9.12. The van der Waals surface area contributed by atoms with Crippen LogP contribution in [-0.2, 0) is 20.7 Å². The van der Waals surface area contributed by atoms with Gasteiger partial charge >= 0.3 is 5.97 Å². The first-order chi connectivity index (χ1) is 13.3. The van der Waals surface area contributed by atoms with Crippen LogP contribution in [-0.4, -0.2) is 47.5 Å². The molecule has 0 saturated carbocycles. The molecule has 8 heteroatoms. The summed E-state index contributed by atoms with van der Waals surface area (Å²) in [5.41, 5.74) is 2.35. The quantitative estimate of drug-likeness (QED) is 0.698. The van der Waals surface area contributed by atoms with Crippen molar-refractivity contribution in [1.82, 2.24) is 10.1 Å². The van der Waals surface area contributed by atoms with Crippen LogP contribution in [0.5, 0.6) is 0 Å². The summed E-state index contributed by atoms with van der Waals surface area (Å²) in [5, 5.41) is 6.40. The Morgan fingerprint density at radius 1 is 1.11 bits per heavy atom. The Morgan fingerprint density at radius 2 is 1.75 bits per heavy atom. The van der Waals surface area contributed by atoms with Crippen molar-refractivity contribution in [2.24, 2.45) is 0 Å². The van der Waals surface area contributed by atoms with E-state index in [2.05, 4.69) is 10.5 Å². The summed E-state index contributed by atoms with van der Waals surface area (Å²) < 4.78 is 9.99. The zero-order valence-electron chi connectivity index (χ0n) is 16.6. The van der Waals surface area contributed by atoms with Gasteiger partial charge in [0.1, 0.15) is 5.76 Å². The normalized spacial score (nSPS) is 10.4. The van der Waals surface area contributed by atoms with Gasteiger partial charge in [0.05, 0.1) is 12.1 Å². The lowest BCUT2D eigenvalue weighted by Crippen LogP contribution is -2.30. The lowest BCUT2D eigenvalue weighted by molar-refractivity contribution is -0.146. The topological polar surface area (TPSA) is 102 Å². The van der Waals surface area contributed by atoms with Gasteiger partial charge in [0, 0.05) is 29.9 Å². The maximum atomic E-state index is 12.3. The van der Waals surface area contributed by atoms with Crippen LogP contribution in [0.1, 0.15) is 41.2 Å². The van der Waals surface area contributed by atoms with E-state index in [1.165, 1.54) is 0 Å². The number of amides is 2. The second kappa shape index (κ2) is 9.68. The molecule has 8 nitrogen and oxygen atoms in total.